The van der Waals surface area contributed by atoms with Gasteiger partial charge in [0, 0.05) is 6.54 Å². The van der Waals surface area contributed by atoms with E-state index in [0.29, 0.717) is 6.42 Å². The van der Waals surface area contributed by atoms with Crippen LogP contribution in [0.5, 0.6) is 0 Å². The van der Waals surface area contributed by atoms with Crippen molar-refractivity contribution < 1.29 is 18.0 Å². The van der Waals surface area contributed by atoms with E-state index < -0.39 is 12.1 Å². The zero-order chi connectivity index (χ0) is 15.1. The number of rotatable bonds is 8. The van der Waals surface area contributed by atoms with Crippen molar-refractivity contribution in [3.05, 3.63) is 0 Å². The highest BCUT2D eigenvalue weighted by molar-refractivity contribution is 5.81. The van der Waals surface area contributed by atoms with Crippen LogP contribution < -0.4 is 10.6 Å². The first-order valence-corrected chi connectivity index (χ1v) is 6.89. The molecule has 1 amide bonds. The van der Waals surface area contributed by atoms with E-state index in [-0.39, 0.29) is 6.54 Å². The third kappa shape index (κ3) is 17.2. The van der Waals surface area contributed by atoms with Gasteiger partial charge in [0.2, 0.25) is 0 Å². The predicted octanol–water partition coefficient (Wildman–Crippen LogP) is 3.25. The molecule has 0 aromatic heterocycles. The highest BCUT2D eigenvalue weighted by Crippen LogP contribution is 2.13. The van der Waals surface area contributed by atoms with Crippen LogP contribution >= 0.6 is 0 Å². The molecule has 0 radical (unpaired) electrons. The molecule has 0 aromatic rings. The lowest BCUT2D eigenvalue weighted by atomic mass is 10.2. The molecule has 0 atom stereocenters. The Balaban J connectivity index is 0. The fourth-order valence-corrected chi connectivity index (χ4v) is 1.23. The summed E-state index contributed by atoms with van der Waals surface area (Å²) in [5, 5.41) is 4.90. The van der Waals surface area contributed by atoms with Crippen molar-refractivity contribution in [1.29, 1.82) is 0 Å². The Morgan fingerprint density at radius 3 is 1.79 bits per heavy atom. The van der Waals surface area contributed by atoms with Crippen LogP contribution in [0, 0.1) is 0 Å². The Morgan fingerprint density at radius 1 is 0.947 bits per heavy atom. The minimum Gasteiger partial charge on any atom is -0.348 e. The summed E-state index contributed by atoms with van der Waals surface area (Å²) >= 11 is 0. The maximum absolute atomic E-state index is 11.5. The molecule has 3 nitrogen and oxygen atoms in total. The number of hydrogen-bond acceptors (Lipinski definition) is 2. The molecule has 0 heterocycles. The van der Waals surface area contributed by atoms with Gasteiger partial charge in [0.15, 0.2) is 0 Å². The summed E-state index contributed by atoms with van der Waals surface area (Å²) in [5.74, 6) is -1.85. The Labute approximate surface area is 114 Å². The van der Waals surface area contributed by atoms with Crippen molar-refractivity contribution in [2.24, 2.45) is 0 Å². The third-order valence-electron chi connectivity index (χ3n) is 2.35. The highest BCUT2D eigenvalue weighted by atomic mass is 19.4. The third-order valence-corrected chi connectivity index (χ3v) is 2.35. The first-order chi connectivity index (χ1) is 8.90. The molecule has 0 unspecified atom stereocenters. The summed E-state index contributed by atoms with van der Waals surface area (Å²) in [7, 11) is 2.00. The van der Waals surface area contributed by atoms with Crippen molar-refractivity contribution in [3.63, 3.8) is 0 Å². The zero-order valence-electron chi connectivity index (χ0n) is 12.2. The average Bonchev–Trinajstić information content (AvgIpc) is 2.35. The fourth-order valence-electron chi connectivity index (χ4n) is 1.23. The smallest absolute Gasteiger partial charge is 0.348 e. The fraction of sp³-hybridized carbons (Fsp3) is 0.923. The number of amides is 1. The van der Waals surface area contributed by atoms with Gasteiger partial charge in [-0.15, -0.1) is 0 Å². The van der Waals surface area contributed by atoms with E-state index in [4.69, 9.17) is 0 Å². The lowest BCUT2D eigenvalue weighted by Gasteiger charge is -2.06. The van der Waals surface area contributed by atoms with Gasteiger partial charge in [0.1, 0.15) is 0 Å². The summed E-state index contributed by atoms with van der Waals surface area (Å²) in [6.07, 6.45) is 1.61. The van der Waals surface area contributed by atoms with Gasteiger partial charge in [-0.2, -0.15) is 13.2 Å². The summed E-state index contributed by atoms with van der Waals surface area (Å²) < 4.78 is 34.6. The molecule has 0 saturated carbocycles. The molecule has 0 aliphatic rings. The molecule has 19 heavy (non-hydrogen) atoms. The Morgan fingerprint density at radius 2 is 1.42 bits per heavy atom. The van der Waals surface area contributed by atoms with E-state index >= 15 is 0 Å². The Kier molecular flexibility index (Phi) is 14.8. The molecule has 0 aliphatic heterocycles. The number of unbranched alkanes of at least 4 members (excludes halogenated alkanes) is 4. The van der Waals surface area contributed by atoms with E-state index in [1.54, 1.807) is 5.32 Å². The number of nitrogens with one attached hydrogen (secondary N) is 2. The van der Waals surface area contributed by atoms with Crippen LogP contribution in [0.4, 0.5) is 13.2 Å². The number of carbonyl (C=O) groups excluding carboxylic acids is 1. The molecule has 0 aromatic carbocycles. The van der Waals surface area contributed by atoms with E-state index in [1.165, 1.54) is 25.8 Å². The predicted molar refractivity (Wildman–Crippen MR) is 72.0 cm³/mol. The molecular weight excluding hydrogens is 257 g/mol. The maximum Gasteiger partial charge on any atom is 0.471 e. The van der Waals surface area contributed by atoms with Crippen LogP contribution in [-0.2, 0) is 4.79 Å². The van der Waals surface area contributed by atoms with E-state index in [9.17, 15) is 18.0 Å². The average molecular weight is 284 g/mol. The van der Waals surface area contributed by atoms with E-state index in [0.717, 1.165) is 12.8 Å². The molecule has 2 N–H and O–H groups in total. The quantitative estimate of drug-likeness (QED) is 0.672. The van der Waals surface area contributed by atoms with Crippen LogP contribution in [0.3, 0.4) is 0 Å². The van der Waals surface area contributed by atoms with Gasteiger partial charge in [0.25, 0.3) is 0 Å². The topological polar surface area (TPSA) is 41.1 Å². The van der Waals surface area contributed by atoms with Crippen LogP contribution in [0.25, 0.3) is 0 Å². The van der Waals surface area contributed by atoms with Crippen LogP contribution in [0.1, 0.15) is 52.4 Å². The second kappa shape index (κ2) is 13.6. The number of hydrogen-bond donors (Lipinski definition) is 2. The second-order valence-corrected chi connectivity index (χ2v) is 4.27. The molecule has 0 bridgehead atoms. The van der Waals surface area contributed by atoms with Crippen molar-refractivity contribution in [3.8, 4) is 0 Å². The largest absolute Gasteiger partial charge is 0.471 e. The monoisotopic (exact) mass is 284 g/mol. The summed E-state index contributed by atoms with van der Waals surface area (Å²) in [5.41, 5.74) is 0. The SMILES string of the molecule is CCCCCNC.CCCCCNC(=O)C(F)(F)F. The minimum atomic E-state index is -4.74. The minimum absolute atomic E-state index is 0.103. The van der Waals surface area contributed by atoms with Gasteiger partial charge in [0.05, 0.1) is 0 Å². The second-order valence-electron chi connectivity index (χ2n) is 4.27. The van der Waals surface area contributed by atoms with Gasteiger partial charge < -0.3 is 10.6 Å². The number of alkyl halides is 3. The van der Waals surface area contributed by atoms with Crippen molar-refractivity contribution >= 4 is 5.91 Å². The van der Waals surface area contributed by atoms with Crippen LogP contribution in [-0.4, -0.2) is 32.2 Å². The van der Waals surface area contributed by atoms with Crippen molar-refractivity contribution in [1.82, 2.24) is 10.6 Å². The molecule has 0 fully saturated rings. The molecule has 116 valence electrons. The zero-order valence-corrected chi connectivity index (χ0v) is 12.2. The van der Waals surface area contributed by atoms with Crippen molar-refractivity contribution in [2.75, 3.05) is 20.1 Å². The van der Waals surface area contributed by atoms with E-state index in [1.807, 2.05) is 14.0 Å². The van der Waals surface area contributed by atoms with Gasteiger partial charge in [-0.3, -0.25) is 4.79 Å². The lowest BCUT2D eigenvalue weighted by molar-refractivity contribution is -0.173. The summed E-state index contributed by atoms with van der Waals surface area (Å²) in [6.45, 7) is 5.43. The normalized spacial score (nSPS) is 10.6. The number of carbonyl (C=O) groups is 1. The van der Waals surface area contributed by atoms with E-state index in [2.05, 4.69) is 12.2 Å². The number of halogens is 3. The summed E-state index contributed by atoms with van der Waals surface area (Å²) in [4.78, 5) is 10.2. The van der Waals surface area contributed by atoms with Gasteiger partial charge in [-0.25, -0.2) is 0 Å². The Bertz CT molecular complexity index is 205. The van der Waals surface area contributed by atoms with Crippen LogP contribution in [0.15, 0.2) is 0 Å². The maximum atomic E-state index is 11.5. The standard InChI is InChI=1S/C7H12F3NO.C6H15N/c1-2-3-4-5-11-6(12)7(8,9)10;1-3-4-5-6-7-2/h2-5H2,1H3,(H,11,12);7H,3-6H2,1-2H3. The summed E-state index contributed by atoms with van der Waals surface area (Å²) in [6, 6.07) is 0. The first-order valence-electron chi connectivity index (χ1n) is 6.89. The Hall–Kier alpha value is -0.780. The van der Waals surface area contributed by atoms with Crippen molar-refractivity contribution in [2.45, 2.75) is 58.5 Å². The first kappa shape index (κ1) is 20.5. The highest BCUT2D eigenvalue weighted by Gasteiger charge is 2.37. The van der Waals surface area contributed by atoms with Gasteiger partial charge in [-0.1, -0.05) is 39.5 Å². The molecular formula is C13H27F3N2O. The molecule has 0 aliphatic carbocycles. The molecule has 0 spiro atoms. The van der Waals surface area contributed by atoms with Gasteiger partial charge in [-0.05, 0) is 26.4 Å². The molecule has 6 heteroatoms. The van der Waals surface area contributed by atoms with Crippen LogP contribution in [0.2, 0.25) is 0 Å². The molecule has 0 rings (SSSR count). The van der Waals surface area contributed by atoms with Gasteiger partial charge >= 0.3 is 12.1 Å². The lowest BCUT2D eigenvalue weighted by Crippen LogP contribution is -2.37. The molecule has 0 saturated heterocycles.